The first-order chi connectivity index (χ1) is 10.5. The van der Waals surface area contributed by atoms with Crippen molar-refractivity contribution in [3.63, 3.8) is 0 Å². The Morgan fingerprint density at radius 3 is 2.23 bits per heavy atom. The first-order valence-electron chi connectivity index (χ1n) is 6.58. The summed E-state index contributed by atoms with van der Waals surface area (Å²) in [6, 6.07) is 13.0. The number of benzene rings is 2. The molecule has 22 heavy (non-hydrogen) atoms. The van der Waals surface area contributed by atoms with E-state index >= 15 is 0 Å². The maximum atomic E-state index is 12.0. The highest BCUT2D eigenvalue weighted by Gasteiger charge is 2.15. The summed E-state index contributed by atoms with van der Waals surface area (Å²) in [5.41, 5.74) is 6.17. The number of halogens is 1. The molecule has 3 N–H and O–H groups in total. The molecule has 0 fully saturated rings. The standard InChI is InChI=1S/C16H15ClN2O3/c1-10(16(21)19-13-6-4-12(17)5-7-13)22-14-8-2-11(3-9-14)15(18)20/h2-10H,1H3,(H2,18,20)(H,19,21)/t10-/m1/s1. The van der Waals surface area contributed by atoms with Crippen molar-refractivity contribution in [2.45, 2.75) is 13.0 Å². The fourth-order valence-corrected chi connectivity index (χ4v) is 1.86. The van der Waals surface area contributed by atoms with Crippen LogP contribution >= 0.6 is 11.6 Å². The van der Waals surface area contributed by atoms with Crippen LogP contribution in [0.4, 0.5) is 5.69 Å². The lowest BCUT2D eigenvalue weighted by atomic mass is 10.2. The van der Waals surface area contributed by atoms with E-state index in [1.54, 1.807) is 55.5 Å². The molecule has 0 spiro atoms. The highest BCUT2D eigenvalue weighted by molar-refractivity contribution is 6.30. The van der Waals surface area contributed by atoms with Gasteiger partial charge in [-0.25, -0.2) is 0 Å². The Balaban J connectivity index is 1.95. The average molecular weight is 319 g/mol. The van der Waals surface area contributed by atoms with Gasteiger partial charge in [0.15, 0.2) is 6.10 Å². The summed E-state index contributed by atoms with van der Waals surface area (Å²) in [5, 5.41) is 3.32. The molecule has 2 aromatic carbocycles. The number of nitrogens with two attached hydrogens (primary N) is 1. The molecule has 2 rings (SSSR count). The van der Waals surface area contributed by atoms with Crippen LogP contribution in [0, 0.1) is 0 Å². The Morgan fingerprint density at radius 1 is 1.09 bits per heavy atom. The second-order valence-corrected chi connectivity index (χ2v) is 5.08. The third-order valence-electron chi connectivity index (χ3n) is 2.93. The van der Waals surface area contributed by atoms with E-state index in [2.05, 4.69) is 5.32 Å². The lowest BCUT2D eigenvalue weighted by Gasteiger charge is -2.15. The molecule has 0 heterocycles. The zero-order chi connectivity index (χ0) is 16.1. The topological polar surface area (TPSA) is 81.4 Å². The Kier molecular flexibility index (Phi) is 5.01. The van der Waals surface area contributed by atoms with Crippen molar-refractivity contribution in [3.8, 4) is 5.75 Å². The Hall–Kier alpha value is -2.53. The van der Waals surface area contributed by atoms with Gasteiger partial charge in [-0.2, -0.15) is 0 Å². The predicted molar refractivity (Wildman–Crippen MR) is 85.1 cm³/mol. The molecule has 0 aliphatic heterocycles. The van der Waals surface area contributed by atoms with Crippen LogP contribution < -0.4 is 15.8 Å². The molecular weight excluding hydrogens is 304 g/mol. The van der Waals surface area contributed by atoms with Gasteiger partial charge in [0.25, 0.3) is 5.91 Å². The van der Waals surface area contributed by atoms with Crippen LogP contribution in [-0.4, -0.2) is 17.9 Å². The number of carbonyl (C=O) groups is 2. The number of amides is 2. The van der Waals surface area contributed by atoms with Gasteiger partial charge in [-0.05, 0) is 55.5 Å². The Labute approximate surface area is 133 Å². The highest BCUT2D eigenvalue weighted by atomic mass is 35.5. The third-order valence-corrected chi connectivity index (χ3v) is 3.18. The van der Waals surface area contributed by atoms with Crippen LogP contribution in [0.15, 0.2) is 48.5 Å². The number of primary amides is 1. The summed E-state index contributed by atoms with van der Waals surface area (Å²) < 4.78 is 5.52. The number of anilines is 1. The average Bonchev–Trinajstić information content (AvgIpc) is 2.50. The molecule has 0 unspecified atom stereocenters. The van der Waals surface area contributed by atoms with Gasteiger partial charge in [0.05, 0.1) is 0 Å². The van der Waals surface area contributed by atoms with Crippen molar-refractivity contribution in [2.75, 3.05) is 5.32 Å². The van der Waals surface area contributed by atoms with Gasteiger partial charge < -0.3 is 15.8 Å². The van der Waals surface area contributed by atoms with E-state index in [1.807, 2.05) is 0 Å². The molecule has 0 radical (unpaired) electrons. The number of hydrogen-bond acceptors (Lipinski definition) is 3. The quantitative estimate of drug-likeness (QED) is 0.889. The van der Waals surface area contributed by atoms with E-state index in [0.717, 1.165) is 0 Å². The predicted octanol–water partition coefficient (Wildman–Crippen LogP) is 2.84. The molecular formula is C16H15ClN2O3. The maximum absolute atomic E-state index is 12.0. The monoisotopic (exact) mass is 318 g/mol. The Morgan fingerprint density at radius 2 is 1.68 bits per heavy atom. The highest BCUT2D eigenvalue weighted by Crippen LogP contribution is 2.16. The first kappa shape index (κ1) is 15.9. The minimum absolute atomic E-state index is 0.290. The molecule has 0 saturated heterocycles. The van der Waals surface area contributed by atoms with Crippen LogP contribution in [0.5, 0.6) is 5.75 Å². The molecule has 114 valence electrons. The van der Waals surface area contributed by atoms with Gasteiger partial charge in [0.2, 0.25) is 5.91 Å². The molecule has 1 atom stereocenters. The molecule has 2 aromatic rings. The van der Waals surface area contributed by atoms with E-state index in [-0.39, 0.29) is 5.91 Å². The minimum atomic E-state index is -0.699. The van der Waals surface area contributed by atoms with Gasteiger partial charge in [0.1, 0.15) is 5.75 Å². The van der Waals surface area contributed by atoms with Crippen molar-refractivity contribution in [3.05, 3.63) is 59.1 Å². The maximum Gasteiger partial charge on any atom is 0.265 e. The third kappa shape index (κ3) is 4.23. The summed E-state index contributed by atoms with van der Waals surface area (Å²) >= 11 is 5.78. The van der Waals surface area contributed by atoms with Crippen LogP contribution in [-0.2, 0) is 4.79 Å². The number of carbonyl (C=O) groups excluding carboxylic acids is 2. The van der Waals surface area contributed by atoms with Crippen molar-refractivity contribution in [2.24, 2.45) is 5.73 Å². The molecule has 5 nitrogen and oxygen atoms in total. The number of ether oxygens (including phenoxy) is 1. The number of nitrogens with one attached hydrogen (secondary N) is 1. The van der Waals surface area contributed by atoms with Gasteiger partial charge in [-0.1, -0.05) is 11.6 Å². The van der Waals surface area contributed by atoms with E-state index < -0.39 is 12.0 Å². The van der Waals surface area contributed by atoms with E-state index in [0.29, 0.717) is 22.0 Å². The summed E-state index contributed by atoms with van der Waals surface area (Å²) in [5.74, 6) is -0.329. The SMILES string of the molecule is C[C@@H](Oc1ccc(C(N)=O)cc1)C(=O)Nc1ccc(Cl)cc1. The van der Waals surface area contributed by atoms with Crippen LogP contribution in [0.2, 0.25) is 5.02 Å². The van der Waals surface area contributed by atoms with E-state index in [9.17, 15) is 9.59 Å². The summed E-state index contributed by atoms with van der Waals surface area (Å²) in [4.78, 5) is 23.0. The van der Waals surface area contributed by atoms with Crippen molar-refractivity contribution in [1.82, 2.24) is 0 Å². The van der Waals surface area contributed by atoms with Crippen LogP contribution in [0.25, 0.3) is 0 Å². The molecule has 0 saturated carbocycles. The smallest absolute Gasteiger partial charge is 0.265 e. The molecule has 0 aromatic heterocycles. The summed E-state index contributed by atoms with van der Waals surface area (Å²) in [6.07, 6.45) is -0.699. The summed E-state index contributed by atoms with van der Waals surface area (Å²) in [7, 11) is 0. The lowest BCUT2D eigenvalue weighted by Crippen LogP contribution is -2.30. The zero-order valence-corrected chi connectivity index (χ0v) is 12.6. The van der Waals surface area contributed by atoms with Gasteiger partial charge in [-0.3, -0.25) is 9.59 Å². The van der Waals surface area contributed by atoms with E-state index in [1.165, 1.54) is 0 Å². The van der Waals surface area contributed by atoms with Gasteiger partial charge in [-0.15, -0.1) is 0 Å². The van der Waals surface area contributed by atoms with Crippen molar-refractivity contribution in [1.29, 1.82) is 0 Å². The van der Waals surface area contributed by atoms with E-state index in [4.69, 9.17) is 22.1 Å². The molecule has 0 bridgehead atoms. The second kappa shape index (κ2) is 6.95. The van der Waals surface area contributed by atoms with Gasteiger partial charge in [0, 0.05) is 16.3 Å². The number of hydrogen-bond donors (Lipinski definition) is 2. The normalized spacial score (nSPS) is 11.5. The largest absolute Gasteiger partial charge is 0.481 e. The zero-order valence-electron chi connectivity index (χ0n) is 11.9. The first-order valence-corrected chi connectivity index (χ1v) is 6.96. The fourth-order valence-electron chi connectivity index (χ4n) is 1.73. The van der Waals surface area contributed by atoms with Gasteiger partial charge >= 0.3 is 0 Å². The number of rotatable bonds is 5. The van der Waals surface area contributed by atoms with Crippen molar-refractivity contribution >= 4 is 29.1 Å². The lowest BCUT2D eigenvalue weighted by molar-refractivity contribution is -0.122. The van der Waals surface area contributed by atoms with Crippen LogP contribution in [0.1, 0.15) is 17.3 Å². The second-order valence-electron chi connectivity index (χ2n) is 4.64. The molecule has 2 amide bonds. The van der Waals surface area contributed by atoms with Crippen molar-refractivity contribution < 1.29 is 14.3 Å². The molecule has 0 aliphatic rings. The van der Waals surface area contributed by atoms with Crippen LogP contribution in [0.3, 0.4) is 0 Å². The minimum Gasteiger partial charge on any atom is -0.481 e. The summed E-state index contributed by atoms with van der Waals surface area (Å²) in [6.45, 7) is 1.63. The molecule has 6 heteroatoms. The Bertz CT molecular complexity index is 669. The molecule has 0 aliphatic carbocycles. The fraction of sp³-hybridized carbons (Fsp3) is 0.125.